The fourth-order valence-electron chi connectivity index (χ4n) is 10.8. The van der Waals surface area contributed by atoms with Gasteiger partial charge in [-0.2, -0.15) is 0 Å². The Labute approximate surface area is 417 Å². The molecule has 0 bridgehead atoms. The van der Waals surface area contributed by atoms with Crippen molar-refractivity contribution in [1.29, 1.82) is 0 Å². The minimum atomic E-state index is -1.86. The number of carbonyl (C=O) groups excluding carboxylic acids is 1. The molecular formula is C49H82N6O16. The van der Waals surface area contributed by atoms with Gasteiger partial charge in [-0.1, -0.05) is 26.0 Å². The fraction of sp³-hybridized carbons (Fsp3) is 0.816. The van der Waals surface area contributed by atoms with Crippen LogP contribution in [0.3, 0.4) is 0 Å². The van der Waals surface area contributed by atoms with Gasteiger partial charge in [0.2, 0.25) is 0 Å². The first-order valence-corrected chi connectivity index (χ1v) is 24.9. The second-order valence-corrected chi connectivity index (χ2v) is 21.1. The number of rotatable bonds is 15. The molecule has 404 valence electrons. The summed E-state index contributed by atoms with van der Waals surface area (Å²) in [5.41, 5.74) is -3.87. The Morgan fingerprint density at radius 1 is 1.03 bits per heavy atom. The highest BCUT2D eigenvalue weighted by molar-refractivity contribution is 5.73. The average molecular weight is 1010 g/mol. The Kier molecular flexibility index (Phi) is 20.1. The van der Waals surface area contributed by atoms with E-state index in [2.05, 4.69) is 10.3 Å². The summed E-state index contributed by atoms with van der Waals surface area (Å²) in [7, 11) is 5.13. The zero-order valence-corrected chi connectivity index (χ0v) is 43.5. The second-order valence-electron chi connectivity index (χ2n) is 21.1. The number of carbonyl (C=O) groups is 1. The number of ether oxygens (including phenoxy) is 6. The molecule has 0 spiro atoms. The van der Waals surface area contributed by atoms with Crippen molar-refractivity contribution in [2.45, 2.75) is 191 Å². The third-order valence-corrected chi connectivity index (χ3v) is 15.5. The second kappa shape index (κ2) is 24.3. The zero-order valence-electron chi connectivity index (χ0n) is 43.5. The quantitative estimate of drug-likeness (QED) is 0.0762. The third kappa shape index (κ3) is 13.5. The highest BCUT2D eigenvalue weighted by atomic mass is 16.7. The first kappa shape index (κ1) is 58.6. The van der Waals surface area contributed by atoms with Gasteiger partial charge >= 0.3 is 5.97 Å². The molecule has 3 saturated heterocycles. The van der Waals surface area contributed by atoms with Crippen molar-refractivity contribution in [2.24, 2.45) is 17.8 Å². The Balaban J connectivity index is 1.42. The number of methoxy groups -OCH3 is 1. The molecule has 0 aliphatic carbocycles. The van der Waals surface area contributed by atoms with Gasteiger partial charge in [-0.3, -0.25) is 14.9 Å². The molecule has 3 fully saturated rings. The van der Waals surface area contributed by atoms with Crippen molar-refractivity contribution in [3.05, 3.63) is 51.8 Å². The number of hydrogen-bond donors (Lipinski definition) is 7. The van der Waals surface area contributed by atoms with Crippen molar-refractivity contribution in [3.63, 3.8) is 0 Å². The molecule has 3 aliphatic heterocycles. The molecule has 0 amide bonds. The molecule has 1 aromatic heterocycles. The molecular weight excluding hydrogens is 929 g/mol. The molecule has 2 aromatic rings. The largest absolute Gasteiger partial charge is 0.459 e. The number of nitrogens with zero attached hydrogens (tertiary/aromatic N) is 6. The number of likely N-dealkylation sites (N-methyl/N-ethyl adjacent to an activating group) is 2. The summed E-state index contributed by atoms with van der Waals surface area (Å²) >= 11 is 0. The van der Waals surface area contributed by atoms with Crippen LogP contribution in [0.25, 0.3) is 0 Å². The topological polar surface area (TPSA) is 294 Å². The maximum Gasteiger partial charge on any atom is 0.311 e. The van der Waals surface area contributed by atoms with Crippen LogP contribution in [0.4, 0.5) is 5.69 Å². The predicted octanol–water partition coefficient (Wildman–Crippen LogP) is 1.89. The number of cyclic esters (lactones) is 1. The molecule has 71 heavy (non-hydrogen) atoms. The van der Waals surface area contributed by atoms with Gasteiger partial charge in [0.05, 0.1) is 59.3 Å². The maximum absolute atomic E-state index is 14.4. The third-order valence-electron chi connectivity index (χ3n) is 15.5. The number of aliphatic hydroxyl groups is 7. The number of non-ortho nitro benzene ring substituents is 1. The molecule has 1 aromatic carbocycles. The van der Waals surface area contributed by atoms with Gasteiger partial charge in [-0.05, 0) is 98.5 Å². The predicted molar refractivity (Wildman–Crippen MR) is 256 cm³/mol. The molecule has 0 radical (unpaired) electrons. The first-order chi connectivity index (χ1) is 33.2. The van der Waals surface area contributed by atoms with E-state index >= 15 is 0 Å². The lowest BCUT2D eigenvalue weighted by Gasteiger charge is -2.48. The molecule has 4 heterocycles. The summed E-state index contributed by atoms with van der Waals surface area (Å²) in [6.07, 6.45) is -8.48. The Morgan fingerprint density at radius 3 is 2.30 bits per heavy atom. The van der Waals surface area contributed by atoms with Gasteiger partial charge in [-0.25, -0.2) is 4.68 Å². The molecule has 3 aliphatic rings. The van der Waals surface area contributed by atoms with Gasteiger partial charge in [0.1, 0.15) is 42.2 Å². The number of benzene rings is 1. The number of nitro benzene ring substituents is 1. The van der Waals surface area contributed by atoms with Crippen molar-refractivity contribution < 1.29 is 73.9 Å². The SMILES string of the molecule is CC[C@H]1OC(=O)[C@H](C)[C@@H](O[C@H]2C[C@@](C)(OC)[C@@H](O)[C@H](C)O2)[C@H](C)[C@@H](O[C@@H]2OCC[C@H](N(C)CCc3cn([C@H](CO)[C@H](O)c4ccc([N+](=O)[O-])cc4)nn3)[C@H]2O)[C@](C)(O)C[C@@H](C)CN(C)[C@H](C)[C@@H](O)[C@]1(C)O. The van der Waals surface area contributed by atoms with Gasteiger partial charge in [0, 0.05) is 69.4 Å². The number of aromatic nitrogens is 3. The van der Waals surface area contributed by atoms with Crippen molar-refractivity contribution in [3.8, 4) is 0 Å². The van der Waals surface area contributed by atoms with E-state index in [0.29, 0.717) is 37.2 Å². The minimum Gasteiger partial charge on any atom is -0.459 e. The summed E-state index contributed by atoms with van der Waals surface area (Å²) in [5, 5.41) is 100. The van der Waals surface area contributed by atoms with Gasteiger partial charge in [-0.15, -0.1) is 5.10 Å². The highest BCUT2D eigenvalue weighted by Gasteiger charge is 2.52. The van der Waals surface area contributed by atoms with E-state index < -0.39 is 126 Å². The van der Waals surface area contributed by atoms with E-state index in [1.807, 2.05) is 30.8 Å². The smallest absolute Gasteiger partial charge is 0.311 e. The number of esters is 1. The van der Waals surface area contributed by atoms with Gasteiger partial charge < -0.3 is 74.0 Å². The molecule has 0 unspecified atom stereocenters. The van der Waals surface area contributed by atoms with Crippen LogP contribution in [0.2, 0.25) is 0 Å². The normalized spacial score (nSPS) is 39.3. The van der Waals surface area contributed by atoms with Gasteiger partial charge in [0.15, 0.2) is 12.6 Å². The lowest BCUT2D eigenvalue weighted by atomic mass is 9.77. The van der Waals surface area contributed by atoms with E-state index in [1.165, 1.54) is 43.0 Å². The first-order valence-electron chi connectivity index (χ1n) is 24.9. The molecule has 7 N–H and O–H groups in total. The lowest BCUT2D eigenvalue weighted by molar-refractivity contribution is -0.384. The zero-order chi connectivity index (χ0) is 52.9. The molecule has 0 saturated carbocycles. The minimum absolute atomic E-state index is 0.0720. The van der Waals surface area contributed by atoms with Crippen LogP contribution in [0.1, 0.15) is 111 Å². The van der Waals surface area contributed by atoms with Crippen LogP contribution >= 0.6 is 0 Å². The Morgan fingerprint density at radius 2 is 1.69 bits per heavy atom. The van der Waals surface area contributed by atoms with Crippen molar-refractivity contribution in [2.75, 3.05) is 47.5 Å². The van der Waals surface area contributed by atoms with Gasteiger partial charge in [0.25, 0.3) is 5.69 Å². The van der Waals surface area contributed by atoms with E-state index in [-0.39, 0.29) is 37.5 Å². The molecule has 5 rings (SSSR count). The molecule has 19 atom stereocenters. The fourth-order valence-corrected chi connectivity index (χ4v) is 10.8. The number of aliphatic hydroxyl groups excluding tert-OH is 5. The molecule has 22 heteroatoms. The number of nitro groups is 1. The Bertz CT molecular complexity index is 2010. The standard InChI is InChI=1S/C49H82N6O16/c1-13-37-49(9,63)42(59)30(5)53(11)24-27(2)22-47(7,62)44(28(3)41(29(4)45(61)69-37)70-38-23-48(8,66-12)43(60)31(6)68-38)71-46-40(58)35(19-21-67-46)52(10)20-18-33-25-54(51-50-33)36(26-56)39(57)32-14-16-34(17-15-32)55(64)65/h14-17,25,27-31,35-44,46,56-60,62-63H,13,18-24,26H2,1-12H3/t27-,28+,29-,30-,31+,35+,36-,37-,38+,39-,40-,41+,42-,43+,44-,46+,47-,48-,49-/m1/s1. The van der Waals surface area contributed by atoms with E-state index in [1.54, 1.807) is 54.7 Å². The van der Waals surface area contributed by atoms with Crippen molar-refractivity contribution >= 4 is 11.7 Å². The van der Waals surface area contributed by atoms with E-state index in [4.69, 9.17) is 28.4 Å². The monoisotopic (exact) mass is 1010 g/mol. The van der Waals surface area contributed by atoms with Crippen molar-refractivity contribution in [1.82, 2.24) is 24.8 Å². The molecule has 22 nitrogen and oxygen atoms in total. The summed E-state index contributed by atoms with van der Waals surface area (Å²) in [4.78, 5) is 28.8. The van der Waals surface area contributed by atoms with Crippen LogP contribution in [-0.2, 0) is 39.6 Å². The maximum atomic E-state index is 14.4. The van der Waals surface area contributed by atoms with E-state index in [0.717, 1.165) is 0 Å². The van der Waals surface area contributed by atoms with Crippen LogP contribution in [-0.4, -0.2) is 203 Å². The van der Waals surface area contributed by atoms with E-state index in [9.17, 15) is 50.7 Å². The van der Waals surface area contributed by atoms with Crippen LogP contribution in [0, 0.1) is 27.9 Å². The van der Waals surface area contributed by atoms with Crippen LogP contribution in [0.5, 0.6) is 0 Å². The highest BCUT2D eigenvalue weighted by Crippen LogP contribution is 2.40. The summed E-state index contributed by atoms with van der Waals surface area (Å²) in [5.74, 6) is -2.92. The van der Waals surface area contributed by atoms with Crippen LogP contribution < -0.4 is 0 Å². The Hall–Kier alpha value is -3.33. The lowest BCUT2D eigenvalue weighted by Crippen LogP contribution is -2.60. The summed E-state index contributed by atoms with van der Waals surface area (Å²) in [6.45, 7) is 15.8. The number of hydrogen-bond acceptors (Lipinski definition) is 20. The van der Waals surface area contributed by atoms with Crippen LogP contribution in [0.15, 0.2) is 30.5 Å². The summed E-state index contributed by atoms with van der Waals surface area (Å²) in [6, 6.07) is 3.35. The average Bonchev–Trinajstić information content (AvgIpc) is 3.79. The summed E-state index contributed by atoms with van der Waals surface area (Å²) < 4.78 is 39.1.